The maximum absolute atomic E-state index is 12.5. The molecule has 0 saturated carbocycles. The third kappa shape index (κ3) is 5.00. The number of piperidine rings is 1. The summed E-state index contributed by atoms with van der Waals surface area (Å²) in [7, 11) is 0. The molecule has 0 aromatic heterocycles. The van der Waals surface area contributed by atoms with Crippen LogP contribution in [0.2, 0.25) is 0 Å². The predicted octanol–water partition coefficient (Wildman–Crippen LogP) is 1.87. The van der Waals surface area contributed by atoms with Crippen molar-refractivity contribution in [3.8, 4) is 0 Å². The Hall–Kier alpha value is -1.08. The van der Waals surface area contributed by atoms with Gasteiger partial charge in [0.1, 0.15) is 0 Å². The molecule has 2 rings (SSSR count). The molecule has 0 spiro atoms. The number of alkyl halides is 3. The van der Waals surface area contributed by atoms with Crippen molar-refractivity contribution < 1.29 is 22.7 Å². The van der Waals surface area contributed by atoms with Crippen LogP contribution in [0.5, 0.6) is 0 Å². The van der Waals surface area contributed by atoms with Crippen LogP contribution in [0.1, 0.15) is 25.7 Å². The fourth-order valence-corrected chi connectivity index (χ4v) is 2.59. The second kappa shape index (κ2) is 7.26. The quantitative estimate of drug-likeness (QED) is 0.806. The van der Waals surface area contributed by atoms with Crippen LogP contribution in [0, 0.1) is 0 Å². The highest BCUT2D eigenvalue weighted by Gasteiger charge is 2.35. The smallest absolute Gasteiger partial charge is 0.378 e. The lowest BCUT2D eigenvalue weighted by atomic mass is 10.1. The van der Waals surface area contributed by atoms with E-state index in [2.05, 4.69) is 5.32 Å². The summed E-state index contributed by atoms with van der Waals surface area (Å²) in [5.41, 5.74) is -0.530. The molecule has 2 heterocycles. The summed E-state index contributed by atoms with van der Waals surface area (Å²) in [6, 6.07) is 0. The maximum Gasteiger partial charge on any atom is 0.412 e. The van der Waals surface area contributed by atoms with E-state index in [0.29, 0.717) is 6.61 Å². The van der Waals surface area contributed by atoms with Gasteiger partial charge in [0.2, 0.25) is 5.91 Å². The molecule has 1 N–H and O–H groups in total. The Kier molecular flexibility index (Phi) is 5.64. The number of nitrogens with one attached hydrogen (secondary N) is 1. The average Bonchev–Trinajstić information content (AvgIpc) is 2.47. The monoisotopic (exact) mass is 306 g/mol. The zero-order valence-corrected chi connectivity index (χ0v) is 11.9. The van der Waals surface area contributed by atoms with Crippen LogP contribution >= 0.6 is 0 Å². The Morgan fingerprint density at radius 1 is 1.38 bits per heavy atom. The van der Waals surface area contributed by atoms with Gasteiger partial charge in [-0.2, -0.15) is 13.2 Å². The number of carbonyl (C=O) groups excluding carboxylic acids is 1. The van der Waals surface area contributed by atoms with Crippen LogP contribution in [0.4, 0.5) is 13.2 Å². The van der Waals surface area contributed by atoms with E-state index in [4.69, 9.17) is 4.74 Å². The third-order valence-electron chi connectivity index (χ3n) is 3.88. The standard InChI is InChI=1S/C14H21F3N2O2/c15-14(16,17)11-3-8-19(9-4-11)13(20)5-10-21-12-1-6-18-7-2-12/h3,12,18H,1-2,4-10H2. The lowest BCUT2D eigenvalue weighted by molar-refractivity contribution is -0.133. The minimum absolute atomic E-state index is 0.0427. The number of hydrogen-bond donors (Lipinski definition) is 1. The molecule has 0 aliphatic carbocycles. The highest BCUT2D eigenvalue weighted by molar-refractivity contribution is 5.76. The number of hydrogen-bond acceptors (Lipinski definition) is 3. The van der Waals surface area contributed by atoms with Crippen molar-refractivity contribution in [2.75, 3.05) is 32.8 Å². The number of carbonyl (C=O) groups is 1. The number of amides is 1. The summed E-state index contributed by atoms with van der Waals surface area (Å²) in [6.07, 6.45) is -0.978. The normalized spacial score (nSPS) is 21.3. The molecule has 0 unspecified atom stereocenters. The molecule has 120 valence electrons. The molecule has 0 radical (unpaired) electrons. The Bertz CT molecular complexity index is 390. The molecule has 0 bridgehead atoms. The van der Waals surface area contributed by atoms with Crippen molar-refractivity contribution in [2.45, 2.75) is 38.0 Å². The van der Waals surface area contributed by atoms with Gasteiger partial charge in [-0.05, 0) is 32.4 Å². The molecule has 2 aliphatic heterocycles. The highest BCUT2D eigenvalue weighted by atomic mass is 19.4. The minimum atomic E-state index is -4.27. The summed E-state index contributed by atoms with van der Waals surface area (Å²) in [6.45, 7) is 2.37. The van der Waals surface area contributed by atoms with Crippen LogP contribution in [0.3, 0.4) is 0 Å². The van der Waals surface area contributed by atoms with E-state index in [9.17, 15) is 18.0 Å². The molecule has 2 aliphatic rings. The van der Waals surface area contributed by atoms with E-state index in [-0.39, 0.29) is 37.9 Å². The number of rotatable bonds is 4. The van der Waals surface area contributed by atoms with Gasteiger partial charge in [0, 0.05) is 18.7 Å². The number of nitrogens with zero attached hydrogens (tertiary/aromatic N) is 1. The first-order valence-electron chi connectivity index (χ1n) is 7.33. The van der Waals surface area contributed by atoms with Crippen LogP contribution in [-0.4, -0.2) is 55.9 Å². The van der Waals surface area contributed by atoms with E-state index in [0.717, 1.165) is 32.0 Å². The molecule has 0 aromatic carbocycles. The molecule has 1 saturated heterocycles. The predicted molar refractivity (Wildman–Crippen MR) is 71.8 cm³/mol. The first-order chi connectivity index (χ1) is 9.97. The van der Waals surface area contributed by atoms with Crippen molar-refractivity contribution in [3.05, 3.63) is 11.6 Å². The van der Waals surface area contributed by atoms with Gasteiger partial charge in [-0.15, -0.1) is 0 Å². The Morgan fingerprint density at radius 2 is 2.10 bits per heavy atom. The molecule has 1 fully saturated rings. The molecule has 0 aromatic rings. The third-order valence-corrected chi connectivity index (χ3v) is 3.88. The molecule has 7 heteroatoms. The molecule has 1 amide bonds. The van der Waals surface area contributed by atoms with Crippen molar-refractivity contribution >= 4 is 5.91 Å². The zero-order chi connectivity index (χ0) is 15.3. The van der Waals surface area contributed by atoms with E-state index in [1.54, 1.807) is 0 Å². The molecule has 21 heavy (non-hydrogen) atoms. The van der Waals surface area contributed by atoms with Gasteiger partial charge in [0.15, 0.2) is 0 Å². The summed E-state index contributed by atoms with van der Waals surface area (Å²) < 4.78 is 43.1. The molecular weight excluding hydrogens is 285 g/mol. The second-order valence-electron chi connectivity index (χ2n) is 5.39. The van der Waals surface area contributed by atoms with Gasteiger partial charge < -0.3 is 15.0 Å². The van der Waals surface area contributed by atoms with Crippen LogP contribution < -0.4 is 5.32 Å². The Labute approximate surface area is 122 Å². The van der Waals surface area contributed by atoms with E-state index in [1.165, 1.54) is 4.90 Å². The van der Waals surface area contributed by atoms with E-state index in [1.807, 2.05) is 0 Å². The topological polar surface area (TPSA) is 41.6 Å². The van der Waals surface area contributed by atoms with Crippen molar-refractivity contribution in [1.29, 1.82) is 0 Å². The van der Waals surface area contributed by atoms with Crippen molar-refractivity contribution in [1.82, 2.24) is 10.2 Å². The number of halogens is 3. The Balaban J connectivity index is 1.68. The largest absolute Gasteiger partial charge is 0.412 e. The van der Waals surface area contributed by atoms with Crippen LogP contribution in [0.15, 0.2) is 11.6 Å². The molecule has 4 nitrogen and oxygen atoms in total. The minimum Gasteiger partial charge on any atom is -0.378 e. The van der Waals surface area contributed by atoms with E-state index >= 15 is 0 Å². The first kappa shape index (κ1) is 16.3. The Morgan fingerprint density at radius 3 is 2.67 bits per heavy atom. The average molecular weight is 306 g/mol. The van der Waals surface area contributed by atoms with Crippen molar-refractivity contribution in [3.63, 3.8) is 0 Å². The fraction of sp³-hybridized carbons (Fsp3) is 0.786. The van der Waals surface area contributed by atoms with Crippen LogP contribution in [0.25, 0.3) is 0 Å². The lowest BCUT2D eigenvalue weighted by Crippen LogP contribution is -2.38. The lowest BCUT2D eigenvalue weighted by Gasteiger charge is -2.28. The van der Waals surface area contributed by atoms with Gasteiger partial charge in [0.05, 0.1) is 19.1 Å². The van der Waals surface area contributed by atoms with E-state index < -0.39 is 11.7 Å². The van der Waals surface area contributed by atoms with Gasteiger partial charge in [-0.3, -0.25) is 4.79 Å². The van der Waals surface area contributed by atoms with Gasteiger partial charge in [-0.1, -0.05) is 6.08 Å². The van der Waals surface area contributed by atoms with Crippen molar-refractivity contribution in [2.24, 2.45) is 0 Å². The number of ether oxygens (including phenoxy) is 1. The summed E-state index contributed by atoms with van der Waals surface area (Å²) in [5, 5.41) is 3.23. The first-order valence-corrected chi connectivity index (χ1v) is 7.33. The maximum atomic E-state index is 12.5. The SMILES string of the molecule is O=C(CCOC1CCNCC1)N1CC=C(C(F)(F)F)CC1. The molecule has 0 atom stereocenters. The zero-order valence-electron chi connectivity index (χ0n) is 11.9. The van der Waals surface area contributed by atoms with Crippen LogP contribution in [-0.2, 0) is 9.53 Å². The van der Waals surface area contributed by atoms with Gasteiger partial charge in [-0.25, -0.2) is 0 Å². The second-order valence-corrected chi connectivity index (χ2v) is 5.39. The highest BCUT2D eigenvalue weighted by Crippen LogP contribution is 2.30. The molecular formula is C14H21F3N2O2. The fourth-order valence-electron chi connectivity index (χ4n) is 2.59. The summed E-state index contributed by atoms with van der Waals surface area (Å²) in [4.78, 5) is 13.4. The summed E-state index contributed by atoms with van der Waals surface area (Å²) in [5.74, 6) is -0.138. The van der Waals surface area contributed by atoms with Gasteiger partial charge >= 0.3 is 6.18 Å². The summed E-state index contributed by atoms with van der Waals surface area (Å²) >= 11 is 0. The van der Waals surface area contributed by atoms with Gasteiger partial charge in [0.25, 0.3) is 0 Å².